The molecule has 0 atom stereocenters. The van der Waals surface area contributed by atoms with Crippen molar-refractivity contribution in [3.8, 4) is 16.9 Å². The molecule has 122 valence electrons. The highest BCUT2D eigenvalue weighted by molar-refractivity contribution is 7.86. The van der Waals surface area contributed by atoms with E-state index in [4.69, 9.17) is 4.18 Å². The lowest BCUT2D eigenvalue weighted by molar-refractivity contribution is 0.486. The maximum atomic E-state index is 12.9. The molecule has 3 rings (SSSR count). The smallest absolute Gasteiger partial charge is 0.313 e. The van der Waals surface area contributed by atoms with Crippen molar-refractivity contribution < 1.29 is 17.0 Å². The van der Waals surface area contributed by atoms with E-state index in [-0.39, 0.29) is 11.5 Å². The SMILES string of the molecule is O=S(=O)(Cc1ccc(F)cc1)Oc1ccccc1-c1ccccc1. The highest BCUT2D eigenvalue weighted by Gasteiger charge is 2.17. The van der Waals surface area contributed by atoms with Crippen molar-refractivity contribution in [2.45, 2.75) is 5.75 Å². The molecule has 0 saturated carbocycles. The second-order valence-electron chi connectivity index (χ2n) is 5.27. The van der Waals surface area contributed by atoms with E-state index in [1.54, 1.807) is 18.2 Å². The predicted molar refractivity (Wildman–Crippen MR) is 91.5 cm³/mol. The van der Waals surface area contributed by atoms with Crippen molar-refractivity contribution in [2.24, 2.45) is 0 Å². The number of hydrogen-bond acceptors (Lipinski definition) is 3. The normalized spacial score (nSPS) is 11.2. The van der Waals surface area contributed by atoms with E-state index in [1.165, 1.54) is 24.3 Å². The Hall–Kier alpha value is -2.66. The lowest BCUT2D eigenvalue weighted by atomic mass is 10.1. The molecule has 0 amide bonds. The Labute approximate surface area is 140 Å². The van der Waals surface area contributed by atoms with Gasteiger partial charge in [0, 0.05) is 5.56 Å². The van der Waals surface area contributed by atoms with Gasteiger partial charge in [0.25, 0.3) is 0 Å². The van der Waals surface area contributed by atoms with E-state index >= 15 is 0 Å². The summed E-state index contributed by atoms with van der Waals surface area (Å²) in [5.41, 5.74) is 2.03. The molecule has 0 aliphatic carbocycles. The maximum Gasteiger partial charge on any atom is 0.313 e. The summed E-state index contributed by atoms with van der Waals surface area (Å²) >= 11 is 0. The van der Waals surface area contributed by atoms with E-state index in [0.29, 0.717) is 11.1 Å². The molecule has 0 aliphatic rings. The van der Waals surface area contributed by atoms with Gasteiger partial charge in [0.15, 0.2) is 0 Å². The monoisotopic (exact) mass is 342 g/mol. The third-order valence-corrected chi connectivity index (χ3v) is 4.57. The number of benzene rings is 3. The average Bonchev–Trinajstić information content (AvgIpc) is 2.58. The van der Waals surface area contributed by atoms with Crippen LogP contribution in [-0.4, -0.2) is 8.42 Å². The Bertz CT molecular complexity index is 920. The minimum absolute atomic E-state index is 0.269. The number of halogens is 1. The van der Waals surface area contributed by atoms with Crippen LogP contribution in [0.4, 0.5) is 4.39 Å². The van der Waals surface area contributed by atoms with Gasteiger partial charge in [-0.1, -0.05) is 60.7 Å². The van der Waals surface area contributed by atoms with Crippen LogP contribution in [0, 0.1) is 5.82 Å². The Balaban J connectivity index is 1.87. The maximum absolute atomic E-state index is 12.9. The summed E-state index contributed by atoms with van der Waals surface area (Å²) in [5, 5.41) is 0. The van der Waals surface area contributed by atoms with Crippen LogP contribution >= 0.6 is 0 Å². The van der Waals surface area contributed by atoms with Gasteiger partial charge >= 0.3 is 10.1 Å². The van der Waals surface area contributed by atoms with Crippen LogP contribution < -0.4 is 4.18 Å². The molecule has 0 fully saturated rings. The zero-order valence-corrected chi connectivity index (χ0v) is 13.5. The first-order valence-corrected chi connectivity index (χ1v) is 8.92. The molecule has 0 bridgehead atoms. The summed E-state index contributed by atoms with van der Waals surface area (Å²) in [6, 6.07) is 21.7. The van der Waals surface area contributed by atoms with Crippen LogP contribution in [-0.2, 0) is 15.9 Å². The van der Waals surface area contributed by atoms with Crippen molar-refractivity contribution in [1.82, 2.24) is 0 Å². The molecule has 0 spiro atoms. The summed E-state index contributed by atoms with van der Waals surface area (Å²) in [6.07, 6.45) is 0. The second kappa shape index (κ2) is 6.84. The first-order valence-electron chi connectivity index (χ1n) is 7.34. The topological polar surface area (TPSA) is 43.4 Å². The molecular formula is C19H15FO3S. The molecule has 24 heavy (non-hydrogen) atoms. The molecule has 0 saturated heterocycles. The van der Waals surface area contributed by atoms with Crippen molar-refractivity contribution in [2.75, 3.05) is 0 Å². The highest BCUT2D eigenvalue weighted by Crippen LogP contribution is 2.31. The first-order chi connectivity index (χ1) is 11.5. The van der Waals surface area contributed by atoms with Crippen molar-refractivity contribution in [1.29, 1.82) is 0 Å². The fourth-order valence-corrected chi connectivity index (χ4v) is 3.43. The van der Waals surface area contributed by atoms with Crippen LogP contribution in [0.1, 0.15) is 5.56 Å². The van der Waals surface area contributed by atoms with E-state index in [2.05, 4.69) is 0 Å². The van der Waals surface area contributed by atoms with Crippen molar-refractivity contribution in [3.05, 3.63) is 90.2 Å². The van der Waals surface area contributed by atoms with E-state index < -0.39 is 15.9 Å². The van der Waals surface area contributed by atoms with Crippen LogP contribution in [0.25, 0.3) is 11.1 Å². The molecule has 3 aromatic carbocycles. The fraction of sp³-hybridized carbons (Fsp3) is 0.0526. The average molecular weight is 342 g/mol. The Morgan fingerprint density at radius 3 is 2.12 bits per heavy atom. The molecule has 3 nitrogen and oxygen atoms in total. The summed E-state index contributed by atoms with van der Waals surface area (Å²) in [7, 11) is -3.85. The van der Waals surface area contributed by atoms with E-state index in [1.807, 2.05) is 36.4 Å². The zero-order chi connectivity index (χ0) is 17.0. The van der Waals surface area contributed by atoms with Gasteiger partial charge in [-0.2, -0.15) is 8.42 Å². The van der Waals surface area contributed by atoms with Gasteiger partial charge in [0.05, 0.1) is 0 Å². The highest BCUT2D eigenvalue weighted by atomic mass is 32.2. The Morgan fingerprint density at radius 2 is 1.42 bits per heavy atom. The molecule has 0 N–H and O–H groups in total. The van der Waals surface area contributed by atoms with Crippen LogP contribution in [0.15, 0.2) is 78.9 Å². The molecule has 0 radical (unpaired) electrons. The van der Waals surface area contributed by atoms with Gasteiger partial charge in [-0.15, -0.1) is 0 Å². The fourth-order valence-electron chi connectivity index (χ4n) is 2.35. The minimum atomic E-state index is -3.85. The standard InChI is InChI=1S/C19H15FO3S/c20-17-12-10-15(11-13-17)14-24(21,22)23-19-9-5-4-8-18(19)16-6-2-1-3-7-16/h1-13H,14H2. The van der Waals surface area contributed by atoms with E-state index in [9.17, 15) is 12.8 Å². The second-order valence-corrected chi connectivity index (χ2v) is 6.84. The lowest BCUT2D eigenvalue weighted by Crippen LogP contribution is -2.12. The summed E-state index contributed by atoms with van der Waals surface area (Å²) < 4.78 is 42.9. The van der Waals surface area contributed by atoms with Crippen LogP contribution in [0.5, 0.6) is 5.75 Å². The van der Waals surface area contributed by atoms with Gasteiger partial charge in [0.2, 0.25) is 0 Å². The van der Waals surface area contributed by atoms with Gasteiger partial charge in [-0.3, -0.25) is 0 Å². The summed E-state index contributed by atoms with van der Waals surface area (Å²) in [4.78, 5) is 0. The van der Waals surface area contributed by atoms with Gasteiger partial charge in [-0.25, -0.2) is 4.39 Å². The predicted octanol–water partition coefficient (Wildman–Crippen LogP) is 4.40. The van der Waals surface area contributed by atoms with Crippen molar-refractivity contribution >= 4 is 10.1 Å². The molecule has 0 aromatic heterocycles. The van der Waals surface area contributed by atoms with Gasteiger partial charge < -0.3 is 4.18 Å². The van der Waals surface area contributed by atoms with E-state index in [0.717, 1.165) is 5.56 Å². The first kappa shape index (κ1) is 16.2. The molecular weight excluding hydrogens is 327 g/mol. The third-order valence-electron chi connectivity index (χ3n) is 3.45. The van der Waals surface area contributed by atoms with Crippen LogP contribution in [0.3, 0.4) is 0 Å². The molecule has 0 aliphatic heterocycles. The molecule has 0 heterocycles. The molecule has 3 aromatic rings. The quantitative estimate of drug-likeness (QED) is 0.646. The Kier molecular flexibility index (Phi) is 4.62. The van der Waals surface area contributed by atoms with Gasteiger partial charge in [-0.05, 0) is 29.3 Å². The summed E-state index contributed by atoms with van der Waals surface area (Å²) in [6.45, 7) is 0. The van der Waals surface area contributed by atoms with Gasteiger partial charge in [0.1, 0.15) is 17.3 Å². The van der Waals surface area contributed by atoms with Crippen LogP contribution in [0.2, 0.25) is 0 Å². The Morgan fingerprint density at radius 1 is 0.792 bits per heavy atom. The zero-order valence-electron chi connectivity index (χ0n) is 12.7. The summed E-state index contributed by atoms with van der Waals surface area (Å²) in [5.74, 6) is -0.464. The number of para-hydroxylation sites is 1. The molecule has 0 unspecified atom stereocenters. The van der Waals surface area contributed by atoms with Crippen molar-refractivity contribution in [3.63, 3.8) is 0 Å². The largest absolute Gasteiger partial charge is 0.382 e. The number of hydrogen-bond donors (Lipinski definition) is 0. The number of rotatable bonds is 5. The lowest BCUT2D eigenvalue weighted by Gasteiger charge is -2.11. The minimum Gasteiger partial charge on any atom is -0.382 e. The molecule has 5 heteroatoms. The third kappa shape index (κ3) is 4.00.